The molecule has 0 bridgehead atoms. The van der Waals surface area contributed by atoms with Crippen molar-refractivity contribution in [1.29, 1.82) is 0 Å². The number of carbonyl (C=O) groups is 1. The van der Waals surface area contributed by atoms with E-state index in [0.717, 1.165) is 33.4 Å². The molecule has 1 N–H and O–H groups in total. The van der Waals surface area contributed by atoms with Crippen LogP contribution in [0.1, 0.15) is 27.8 Å². The Morgan fingerprint density at radius 1 is 0.553 bits per heavy atom. The summed E-state index contributed by atoms with van der Waals surface area (Å²) >= 11 is 0. The van der Waals surface area contributed by atoms with Gasteiger partial charge in [0.25, 0.3) is 0 Å². The maximum atomic E-state index is 13.0. The zero-order chi connectivity index (χ0) is 26.3. The normalized spacial score (nSPS) is 10.6. The van der Waals surface area contributed by atoms with Crippen LogP contribution in [0.15, 0.2) is 133 Å². The van der Waals surface area contributed by atoms with Crippen LogP contribution in [-0.2, 0) is 11.3 Å². The minimum Gasteiger partial charge on any atom is -0.348 e. The Bertz CT molecular complexity index is 1440. The lowest BCUT2D eigenvalue weighted by Crippen LogP contribution is -2.20. The highest BCUT2D eigenvalue weighted by atomic mass is 16.1. The summed E-state index contributed by atoms with van der Waals surface area (Å²) in [5, 5.41) is 3.04. The minimum absolute atomic E-state index is 0.117. The molecule has 186 valence electrons. The molecule has 0 heterocycles. The maximum absolute atomic E-state index is 13.0. The molecule has 0 spiro atoms. The Balaban J connectivity index is 1.45. The molecular weight excluding hydrogens is 462 g/mol. The van der Waals surface area contributed by atoms with E-state index >= 15 is 0 Å². The standard InChI is InChI=1S/C36H31NO/c1-26-8-12-29(13-9-26)31-16-20-33(21-17-31)35(24-36(38)37-25-28-6-4-3-5-7-28)34-22-18-32(19-23-34)30-14-10-27(2)11-15-30/h3-24H,25H2,1-2H3,(H,37,38). The second-order valence-electron chi connectivity index (χ2n) is 9.65. The Labute approximate surface area is 225 Å². The van der Waals surface area contributed by atoms with Gasteiger partial charge in [-0.3, -0.25) is 4.79 Å². The molecule has 0 aliphatic rings. The molecule has 2 heteroatoms. The summed E-state index contributed by atoms with van der Waals surface area (Å²) < 4.78 is 0. The Kier molecular flexibility index (Phi) is 7.61. The Morgan fingerprint density at radius 3 is 1.37 bits per heavy atom. The van der Waals surface area contributed by atoms with Gasteiger partial charge >= 0.3 is 0 Å². The van der Waals surface area contributed by atoms with Gasteiger partial charge in [-0.1, -0.05) is 139 Å². The molecule has 0 aliphatic carbocycles. The van der Waals surface area contributed by atoms with Crippen LogP contribution in [0.2, 0.25) is 0 Å². The number of hydrogen-bond acceptors (Lipinski definition) is 1. The van der Waals surface area contributed by atoms with Gasteiger partial charge in [-0.15, -0.1) is 0 Å². The number of benzene rings is 5. The van der Waals surface area contributed by atoms with Crippen molar-refractivity contribution in [2.24, 2.45) is 0 Å². The smallest absolute Gasteiger partial charge is 0.244 e. The van der Waals surface area contributed by atoms with E-state index < -0.39 is 0 Å². The summed E-state index contributed by atoms with van der Waals surface area (Å²) in [4.78, 5) is 13.0. The van der Waals surface area contributed by atoms with Crippen LogP contribution in [0.3, 0.4) is 0 Å². The molecule has 2 nitrogen and oxygen atoms in total. The van der Waals surface area contributed by atoms with E-state index in [9.17, 15) is 4.79 Å². The highest BCUT2D eigenvalue weighted by Gasteiger charge is 2.10. The van der Waals surface area contributed by atoms with Crippen molar-refractivity contribution in [3.05, 3.63) is 161 Å². The SMILES string of the molecule is Cc1ccc(-c2ccc(C(=CC(=O)NCc3ccccc3)c3ccc(-c4ccc(C)cc4)cc3)cc2)cc1. The van der Waals surface area contributed by atoms with Gasteiger partial charge in [0.15, 0.2) is 0 Å². The molecule has 0 saturated heterocycles. The van der Waals surface area contributed by atoms with E-state index in [4.69, 9.17) is 0 Å². The average Bonchev–Trinajstić information content (AvgIpc) is 2.96. The molecular formula is C36H31NO. The van der Waals surface area contributed by atoms with Gasteiger partial charge in [0.1, 0.15) is 0 Å². The van der Waals surface area contributed by atoms with Crippen LogP contribution in [0, 0.1) is 13.8 Å². The van der Waals surface area contributed by atoms with Gasteiger partial charge in [-0.2, -0.15) is 0 Å². The molecule has 0 atom stereocenters. The number of nitrogens with one attached hydrogen (secondary N) is 1. The van der Waals surface area contributed by atoms with Crippen LogP contribution in [0.5, 0.6) is 0 Å². The van der Waals surface area contributed by atoms with Crippen molar-refractivity contribution in [2.45, 2.75) is 20.4 Å². The number of amides is 1. The second-order valence-corrected chi connectivity index (χ2v) is 9.65. The summed E-state index contributed by atoms with van der Waals surface area (Å²) in [6.07, 6.45) is 1.71. The quantitative estimate of drug-likeness (QED) is 0.227. The molecule has 5 aromatic carbocycles. The predicted octanol–water partition coefficient (Wildman–Crippen LogP) is 8.39. The number of hydrogen-bond donors (Lipinski definition) is 1. The molecule has 0 unspecified atom stereocenters. The Hall–Kier alpha value is -4.69. The molecule has 0 aliphatic heterocycles. The van der Waals surface area contributed by atoms with Crippen molar-refractivity contribution in [2.75, 3.05) is 0 Å². The Morgan fingerprint density at radius 2 is 0.947 bits per heavy atom. The fraction of sp³-hybridized carbons (Fsp3) is 0.0833. The zero-order valence-electron chi connectivity index (χ0n) is 21.8. The highest BCUT2D eigenvalue weighted by molar-refractivity contribution is 5.99. The molecule has 0 aromatic heterocycles. The summed E-state index contributed by atoms with van der Waals surface area (Å²) in [7, 11) is 0. The van der Waals surface area contributed by atoms with Gasteiger partial charge in [-0.25, -0.2) is 0 Å². The van der Waals surface area contributed by atoms with E-state index in [0.29, 0.717) is 6.54 Å². The van der Waals surface area contributed by atoms with Crippen LogP contribution in [0.25, 0.3) is 27.8 Å². The minimum atomic E-state index is -0.117. The van der Waals surface area contributed by atoms with Gasteiger partial charge in [0.05, 0.1) is 0 Å². The number of rotatable bonds is 7. The summed E-state index contributed by atoms with van der Waals surface area (Å²) in [6.45, 7) is 4.68. The van der Waals surface area contributed by atoms with Crippen molar-refractivity contribution in [3.8, 4) is 22.3 Å². The van der Waals surface area contributed by atoms with E-state index in [2.05, 4.69) is 116 Å². The van der Waals surface area contributed by atoms with E-state index in [-0.39, 0.29) is 5.91 Å². The monoisotopic (exact) mass is 493 g/mol. The van der Waals surface area contributed by atoms with Crippen LogP contribution < -0.4 is 5.32 Å². The van der Waals surface area contributed by atoms with Gasteiger partial charge < -0.3 is 5.32 Å². The third-order valence-corrected chi connectivity index (χ3v) is 6.75. The van der Waals surface area contributed by atoms with Crippen LogP contribution >= 0.6 is 0 Å². The molecule has 0 saturated carbocycles. The van der Waals surface area contributed by atoms with Crippen LogP contribution in [-0.4, -0.2) is 5.91 Å². The lowest BCUT2D eigenvalue weighted by molar-refractivity contribution is -0.116. The van der Waals surface area contributed by atoms with Gasteiger partial charge in [0, 0.05) is 12.6 Å². The summed E-state index contributed by atoms with van der Waals surface area (Å²) in [5.41, 5.74) is 11.1. The number of aryl methyl sites for hydroxylation is 2. The largest absolute Gasteiger partial charge is 0.348 e. The lowest BCUT2D eigenvalue weighted by Gasteiger charge is -2.12. The first-order valence-electron chi connectivity index (χ1n) is 12.9. The van der Waals surface area contributed by atoms with Gasteiger partial charge in [0.2, 0.25) is 5.91 Å². The molecule has 1 amide bonds. The first-order valence-corrected chi connectivity index (χ1v) is 12.9. The fourth-order valence-electron chi connectivity index (χ4n) is 4.48. The summed E-state index contributed by atoms with van der Waals surface area (Å²) in [5.74, 6) is -0.117. The van der Waals surface area contributed by atoms with E-state index in [1.54, 1.807) is 6.08 Å². The van der Waals surface area contributed by atoms with Crippen molar-refractivity contribution < 1.29 is 4.79 Å². The molecule has 38 heavy (non-hydrogen) atoms. The van der Waals surface area contributed by atoms with E-state index in [1.165, 1.54) is 22.3 Å². The van der Waals surface area contributed by atoms with Crippen molar-refractivity contribution >= 4 is 11.5 Å². The topological polar surface area (TPSA) is 29.1 Å². The first kappa shape index (κ1) is 25.0. The second kappa shape index (κ2) is 11.6. The van der Waals surface area contributed by atoms with Crippen molar-refractivity contribution in [3.63, 3.8) is 0 Å². The number of carbonyl (C=O) groups excluding carboxylic acids is 1. The average molecular weight is 494 g/mol. The molecule has 5 rings (SSSR count). The molecule has 0 radical (unpaired) electrons. The predicted molar refractivity (Wildman–Crippen MR) is 159 cm³/mol. The third-order valence-electron chi connectivity index (χ3n) is 6.75. The highest BCUT2D eigenvalue weighted by Crippen LogP contribution is 2.29. The lowest BCUT2D eigenvalue weighted by atomic mass is 9.93. The van der Waals surface area contributed by atoms with Crippen LogP contribution in [0.4, 0.5) is 0 Å². The fourth-order valence-corrected chi connectivity index (χ4v) is 4.48. The van der Waals surface area contributed by atoms with Crippen molar-refractivity contribution in [1.82, 2.24) is 5.32 Å². The maximum Gasteiger partial charge on any atom is 0.244 e. The molecule has 5 aromatic rings. The zero-order valence-corrected chi connectivity index (χ0v) is 21.8. The molecule has 0 fully saturated rings. The summed E-state index contributed by atoms with van der Waals surface area (Å²) in [6, 6.07) is 43.9. The van der Waals surface area contributed by atoms with E-state index in [1.807, 2.05) is 30.3 Å². The third kappa shape index (κ3) is 6.16. The van der Waals surface area contributed by atoms with Gasteiger partial charge in [-0.05, 0) is 58.4 Å². The first-order chi connectivity index (χ1) is 18.5.